The third-order valence-corrected chi connectivity index (χ3v) is 2.69. The first-order valence-electron chi connectivity index (χ1n) is 6.08. The Kier molecular flexibility index (Phi) is 4.45. The molecule has 0 saturated heterocycles. The van der Waals surface area contributed by atoms with Crippen LogP contribution in [-0.4, -0.2) is 11.1 Å². The Morgan fingerprint density at radius 1 is 0.800 bits per heavy atom. The lowest BCUT2D eigenvalue weighted by molar-refractivity contribution is -0.131. The summed E-state index contributed by atoms with van der Waals surface area (Å²) in [5.41, 5.74) is 2.73. The van der Waals surface area contributed by atoms with Gasteiger partial charge in [-0.2, -0.15) is 0 Å². The highest BCUT2D eigenvalue weighted by atomic mass is 19.1. The monoisotopic (exact) mass is 268 g/mol. The molecule has 0 aliphatic carbocycles. The van der Waals surface area contributed by atoms with Gasteiger partial charge in [0.15, 0.2) is 0 Å². The molecule has 0 spiro atoms. The number of carbonyl (C=O) groups is 1. The van der Waals surface area contributed by atoms with E-state index < -0.39 is 5.97 Å². The highest BCUT2D eigenvalue weighted by Gasteiger charge is 1.92. The first-order valence-corrected chi connectivity index (χ1v) is 6.08. The van der Waals surface area contributed by atoms with Gasteiger partial charge in [0, 0.05) is 6.08 Å². The Morgan fingerprint density at radius 2 is 1.20 bits per heavy atom. The van der Waals surface area contributed by atoms with Crippen molar-refractivity contribution in [1.29, 1.82) is 0 Å². The molecule has 1 N–H and O–H groups in total. The molecule has 0 aliphatic rings. The summed E-state index contributed by atoms with van der Waals surface area (Å²) in [6.45, 7) is 0. The SMILES string of the molecule is O=C(O)/C=C/c1ccc(/C=C/c2ccc(F)cc2)cc1. The fourth-order valence-corrected chi connectivity index (χ4v) is 1.65. The van der Waals surface area contributed by atoms with Gasteiger partial charge in [-0.05, 0) is 34.9 Å². The Balaban J connectivity index is 2.07. The molecule has 0 heterocycles. The van der Waals surface area contributed by atoms with Crippen molar-refractivity contribution in [3.63, 3.8) is 0 Å². The molecule has 0 fully saturated rings. The molecule has 2 nitrogen and oxygen atoms in total. The molecule has 0 radical (unpaired) electrons. The number of hydrogen-bond acceptors (Lipinski definition) is 1. The van der Waals surface area contributed by atoms with E-state index in [1.54, 1.807) is 12.1 Å². The first-order chi connectivity index (χ1) is 9.63. The third kappa shape index (κ3) is 4.21. The van der Waals surface area contributed by atoms with Crippen molar-refractivity contribution in [3.8, 4) is 0 Å². The zero-order valence-corrected chi connectivity index (χ0v) is 10.7. The van der Waals surface area contributed by atoms with E-state index >= 15 is 0 Å². The minimum Gasteiger partial charge on any atom is -0.478 e. The minimum atomic E-state index is -0.967. The topological polar surface area (TPSA) is 37.3 Å². The zero-order valence-electron chi connectivity index (χ0n) is 10.7. The summed E-state index contributed by atoms with van der Waals surface area (Å²) in [6.07, 6.45) is 6.44. The molecule has 0 bridgehead atoms. The van der Waals surface area contributed by atoms with Crippen LogP contribution in [0.25, 0.3) is 18.2 Å². The van der Waals surface area contributed by atoms with Gasteiger partial charge in [-0.1, -0.05) is 48.6 Å². The van der Waals surface area contributed by atoms with Gasteiger partial charge in [-0.15, -0.1) is 0 Å². The summed E-state index contributed by atoms with van der Waals surface area (Å²) in [4.78, 5) is 10.4. The largest absolute Gasteiger partial charge is 0.478 e. The Morgan fingerprint density at radius 3 is 1.65 bits per heavy atom. The van der Waals surface area contributed by atoms with Crippen LogP contribution in [-0.2, 0) is 4.79 Å². The normalized spacial score (nSPS) is 11.2. The summed E-state index contributed by atoms with van der Waals surface area (Å²) in [7, 11) is 0. The minimum absolute atomic E-state index is 0.253. The predicted octanol–water partition coefficient (Wildman–Crippen LogP) is 4.09. The maximum atomic E-state index is 12.8. The lowest BCUT2D eigenvalue weighted by atomic mass is 10.1. The summed E-state index contributed by atoms with van der Waals surface area (Å²) < 4.78 is 12.8. The summed E-state index contributed by atoms with van der Waals surface area (Å²) in [6, 6.07) is 13.7. The van der Waals surface area contributed by atoms with Gasteiger partial charge in [-0.25, -0.2) is 9.18 Å². The van der Waals surface area contributed by atoms with Crippen molar-refractivity contribution in [2.75, 3.05) is 0 Å². The lowest BCUT2D eigenvalue weighted by Crippen LogP contribution is -1.85. The second-order valence-corrected chi connectivity index (χ2v) is 4.22. The maximum Gasteiger partial charge on any atom is 0.328 e. The van der Waals surface area contributed by atoms with Crippen molar-refractivity contribution in [2.45, 2.75) is 0 Å². The second kappa shape index (κ2) is 6.48. The lowest BCUT2D eigenvalue weighted by Gasteiger charge is -1.96. The highest BCUT2D eigenvalue weighted by Crippen LogP contribution is 2.11. The smallest absolute Gasteiger partial charge is 0.328 e. The molecule has 2 aromatic rings. The van der Waals surface area contributed by atoms with E-state index in [2.05, 4.69) is 0 Å². The summed E-state index contributed by atoms with van der Waals surface area (Å²) in [5.74, 6) is -1.22. The molecule has 0 saturated carbocycles. The maximum absolute atomic E-state index is 12.8. The molecule has 100 valence electrons. The van der Waals surface area contributed by atoms with E-state index in [9.17, 15) is 9.18 Å². The van der Waals surface area contributed by atoms with Crippen molar-refractivity contribution in [1.82, 2.24) is 0 Å². The van der Waals surface area contributed by atoms with Gasteiger partial charge in [-0.3, -0.25) is 0 Å². The van der Waals surface area contributed by atoms with Gasteiger partial charge in [0.1, 0.15) is 5.82 Å². The summed E-state index contributed by atoms with van der Waals surface area (Å²) >= 11 is 0. The summed E-state index contributed by atoms with van der Waals surface area (Å²) in [5, 5.41) is 8.53. The average molecular weight is 268 g/mol. The van der Waals surface area contributed by atoms with E-state index in [0.717, 1.165) is 22.8 Å². The van der Waals surface area contributed by atoms with Gasteiger partial charge < -0.3 is 5.11 Å². The standard InChI is InChI=1S/C17H13FO2/c18-16-10-7-15(8-11-16)6-3-13-1-4-14(5-2-13)9-12-17(19)20/h1-12H,(H,19,20)/b6-3+,12-9+. The quantitative estimate of drug-likeness (QED) is 0.669. The van der Waals surface area contributed by atoms with Crippen LogP contribution in [0.2, 0.25) is 0 Å². The Labute approximate surface area is 116 Å². The highest BCUT2D eigenvalue weighted by molar-refractivity contribution is 5.85. The zero-order chi connectivity index (χ0) is 14.4. The Hall–Kier alpha value is -2.68. The van der Waals surface area contributed by atoms with Crippen LogP contribution >= 0.6 is 0 Å². The first kappa shape index (κ1) is 13.7. The van der Waals surface area contributed by atoms with E-state index in [1.807, 2.05) is 36.4 Å². The van der Waals surface area contributed by atoms with Crippen molar-refractivity contribution in [3.05, 3.63) is 77.1 Å². The predicted molar refractivity (Wildman–Crippen MR) is 78.4 cm³/mol. The third-order valence-electron chi connectivity index (χ3n) is 2.69. The van der Waals surface area contributed by atoms with Crippen LogP contribution < -0.4 is 0 Å². The number of carboxylic acids is 1. The van der Waals surface area contributed by atoms with Crippen LogP contribution in [0.5, 0.6) is 0 Å². The molecule has 0 aromatic heterocycles. The molecule has 2 rings (SSSR count). The van der Waals surface area contributed by atoms with Gasteiger partial charge in [0.05, 0.1) is 0 Å². The van der Waals surface area contributed by atoms with E-state index in [1.165, 1.54) is 18.2 Å². The van der Waals surface area contributed by atoms with E-state index in [4.69, 9.17) is 5.11 Å². The van der Waals surface area contributed by atoms with Crippen molar-refractivity contribution >= 4 is 24.2 Å². The molecule has 20 heavy (non-hydrogen) atoms. The van der Waals surface area contributed by atoms with Crippen molar-refractivity contribution in [2.24, 2.45) is 0 Å². The number of benzene rings is 2. The molecular formula is C17H13FO2. The number of halogens is 1. The molecule has 0 aliphatic heterocycles. The average Bonchev–Trinajstić information content (AvgIpc) is 2.45. The van der Waals surface area contributed by atoms with Crippen LogP contribution in [0.1, 0.15) is 16.7 Å². The second-order valence-electron chi connectivity index (χ2n) is 4.22. The number of rotatable bonds is 4. The van der Waals surface area contributed by atoms with Crippen molar-refractivity contribution < 1.29 is 14.3 Å². The van der Waals surface area contributed by atoms with Crippen LogP contribution in [0.3, 0.4) is 0 Å². The van der Waals surface area contributed by atoms with Crippen LogP contribution in [0.15, 0.2) is 54.6 Å². The number of aliphatic carboxylic acids is 1. The van der Waals surface area contributed by atoms with Crippen LogP contribution in [0.4, 0.5) is 4.39 Å². The van der Waals surface area contributed by atoms with Gasteiger partial charge in [0.25, 0.3) is 0 Å². The molecule has 2 aromatic carbocycles. The Bertz CT molecular complexity index is 638. The molecule has 3 heteroatoms. The van der Waals surface area contributed by atoms with E-state index in [0.29, 0.717) is 0 Å². The number of carboxylic acid groups (broad SMARTS) is 1. The molecule has 0 atom stereocenters. The van der Waals surface area contributed by atoms with Crippen LogP contribution in [0, 0.1) is 5.82 Å². The molecule has 0 amide bonds. The fourth-order valence-electron chi connectivity index (χ4n) is 1.65. The van der Waals surface area contributed by atoms with E-state index in [-0.39, 0.29) is 5.82 Å². The van der Waals surface area contributed by atoms with Gasteiger partial charge in [0.2, 0.25) is 0 Å². The fraction of sp³-hybridized carbons (Fsp3) is 0. The molecule has 0 unspecified atom stereocenters. The number of hydrogen-bond donors (Lipinski definition) is 1. The molecular weight excluding hydrogens is 255 g/mol. The van der Waals surface area contributed by atoms with Gasteiger partial charge >= 0.3 is 5.97 Å².